The van der Waals surface area contributed by atoms with Crippen LogP contribution < -0.4 is 9.47 Å². The van der Waals surface area contributed by atoms with E-state index in [4.69, 9.17) is 14.5 Å². The van der Waals surface area contributed by atoms with Gasteiger partial charge in [-0.2, -0.15) is 0 Å². The third-order valence-corrected chi connectivity index (χ3v) is 4.57. The summed E-state index contributed by atoms with van der Waals surface area (Å²) in [7, 11) is 0. The topological polar surface area (TPSA) is 47.1 Å². The lowest BCUT2D eigenvalue weighted by molar-refractivity contribution is 0.172. The summed E-state index contributed by atoms with van der Waals surface area (Å²) in [5, 5.41) is 0. The first-order chi connectivity index (χ1) is 9.79. The van der Waals surface area contributed by atoms with Crippen molar-refractivity contribution in [3.05, 3.63) is 18.0 Å². The molecule has 2 aromatic rings. The molecular formula is C16H20N2O2. The fraction of sp³-hybridized carbons (Fsp3) is 0.562. The Kier molecular flexibility index (Phi) is 2.83. The third kappa shape index (κ3) is 2.03. The molecule has 0 saturated heterocycles. The zero-order valence-electron chi connectivity index (χ0n) is 11.8. The minimum Gasteiger partial charge on any atom is -0.486 e. The van der Waals surface area contributed by atoms with Crippen molar-refractivity contribution in [1.82, 2.24) is 9.97 Å². The Morgan fingerprint density at radius 1 is 1.05 bits per heavy atom. The summed E-state index contributed by atoms with van der Waals surface area (Å²) >= 11 is 0. The second kappa shape index (κ2) is 4.69. The van der Waals surface area contributed by atoms with Crippen molar-refractivity contribution in [2.45, 2.75) is 38.5 Å². The van der Waals surface area contributed by atoms with Crippen molar-refractivity contribution in [3.63, 3.8) is 0 Å². The second-order valence-electron chi connectivity index (χ2n) is 6.09. The number of imidazole rings is 1. The molecule has 4 heteroatoms. The molecule has 2 heterocycles. The number of H-pyrrole nitrogens is 1. The van der Waals surface area contributed by atoms with E-state index >= 15 is 0 Å². The lowest BCUT2D eigenvalue weighted by Crippen LogP contribution is -2.15. The number of hydrogen-bond acceptors (Lipinski definition) is 3. The van der Waals surface area contributed by atoms with Crippen LogP contribution >= 0.6 is 0 Å². The number of nitrogens with zero attached hydrogens (tertiary/aromatic N) is 1. The van der Waals surface area contributed by atoms with Gasteiger partial charge in [0.1, 0.15) is 19.0 Å². The largest absolute Gasteiger partial charge is 0.486 e. The monoisotopic (exact) mass is 272 g/mol. The van der Waals surface area contributed by atoms with Crippen molar-refractivity contribution in [3.8, 4) is 11.5 Å². The molecule has 2 aliphatic rings. The molecule has 0 spiro atoms. The fourth-order valence-electron chi connectivity index (χ4n) is 3.29. The number of rotatable bonds is 1. The zero-order chi connectivity index (χ0) is 13.5. The molecule has 4 nitrogen and oxygen atoms in total. The maximum atomic E-state index is 5.63. The van der Waals surface area contributed by atoms with Gasteiger partial charge in [0.2, 0.25) is 0 Å². The highest BCUT2D eigenvalue weighted by Crippen LogP contribution is 2.37. The molecule has 0 amide bonds. The number of hydrogen-bond donors (Lipinski definition) is 1. The second-order valence-corrected chi connectivity index (χ2v) is 6.09. The van der Waals surface area contributed by atoms with Crippen LogP contribution in [0.3, 0.4) is 0 Å². The van der Waals surface area contributed by atoms with Crippen molar-refractivity contribution in [1.29, 1.82) is 0 Å². The van der Waals surface area contributed by atoms with E-state index in [0.29, 0.717) is 19.1 Å². The van der Waals surface area contributed by atoms with Crippen molar-refractivity contribution >= 4 is 11.0 Å². The van der Waals surface area contributed by atoms with Crippen LogP contribution in [-0.2, 0) is 0 Å². The van der Waals surface area contributed by atoms with E-state index in [1.165, 1.54) is 25.7 Å². The number of aromatic amines is 1. The van der Waals surface area contributed by atoms with Crippen LogP contribution in [0.1, 0.15) is 44.3 Å². The first-order valence-electron chi connectivity index (χ1n) is 7.59. The van der Waals surface area contributed by atoms with Gasteiger partial charge >= 0.3 is 0 Å². The summed E-state index contributed by atoms with van der Waals surface area (Å²) in [5.74, 6) is 4.23. The molecule has 106 valence electrons. The van der Waals surface area contributed by atoms with E-state index in [1.807, 2.05) is 12.1 Å². The van der Waals surface area contributed by atoms with Gasteiger partial charge in [-0.1, -0.05) is 19.8 Å². The average molecular weight is 272 g/mol. The molecular weight excluding hydrogens is 252 g/mol. The van der Waals surface area contributed by atoms with Crippen LogP contribution in [0.5, 0.6) is 11.5 Å². The molecule has 4 rings (SSSR count). The summed E-state index contributed by atoms with van der Waals surface area (Å²) < 4.78 is 11.2. The highest BCUT2D eigenvalue weighted by Gasteiger charge is 2.23. The van der Waals surface area contributed by atoms with Gasteiger partial charge in [0.25, 0.3) is 0 Å². The predicted molar refractivity (Wildman–Crippen MR) is 77.5 cm³/mol. The SMILES string of the molecule is CC1CCC(c2nc3cc4c(cc3[nH]2)OCCO4)CC1. The Hall–Kier alpha value is -1.71. The van der Waals surface area contributed by atoms with Gasteiger partial charge < -0.3 is 14.5 Å². The van der Waals surface area contributed by atoms with E-state index in [9.17, 15) is 0 Å². The third-order valence-electron chi connectivity index (χ3n) is 4.57. The van der Waals surface area contributed by atoms with Crippen LogP contribution in [0.15, 0.2) is 12.1 Å². The van der Waals surface area contributed by atoms with E-state index in [0.717, 1.165) is 34.3 Å². The summed E-state index contributed by atoms with van der Waals surface area (Å²) in [6, 6.07) is 4.01. The van der Waals surface area contributed by atoms with Gasteiger partial charge in [-0.05, 0) is 18.8 Å². The van der Waals surface area contributed by atoms with Gasteiger partial charge in [-0.3, -0.25) is 0 Å². The molecule has 1 saturated carbocycles. The number of ether oxygens (including phenoxy) is 2. The normalized spacial score (nSPS) is 25.9. The Balaban J connectivity index is 1.68. The smallest absolute Gasteiger partial charge is 0.163 e. The molecule has 1 aliphatic heterocycles. The van der Waals surface area contributed by atoms with Gasteiger partial charge in [-0.15, -0.1) is 0 Å². The Morgan fingerprint density at radius 3 is 2.50 bits per heavy atom. The average Bonchev–Trinajstić information content (AvgIpc) is 2.88. The summed E-state index contributed by atoms with van der Waals surface area (Å²) in [4.78, 5) is 8.26. The van der Waals surface area contributed by atoms with E-state index < -0.39 is 0 Å². The number of benzene rings is 1. The molecule has 1 aliphatic carbocycles. The maximum absolute atomic E-state index is 5.63. The highest BCUT2D eigenvalue weighted by molar-refractivity contribution is 5.80. The first kappa shape index (κ1) is 12.1. The molecule has 0 unspecified atom stereocenters. The van der Waals surface area contributed by atoms with Gasteiger partial charge in [-0.25, -0.2) is 4.98 Å². The van der Waals surface area contributed by atoms with Crippen LogP contribution in [-0.4, -0.2) is 23.2 Å². The lowest BCUT2D eigenvalue weighted by Gasteiger charge is -2.24. The first-order valence-corrected chi connectivity index (χ1v) is 7.59. The predicted octanol–water partition coefficient (Wildman–Crippen LogP) is 3.63. The van der Waals surface area contributed by atoms with Crippen molar-refractivity contribution < 1.29 is 9.47 Å². The molecule has 1 aromatic heterocycles. The van der Waals surface area contributed by atoms with Crippen molar-refractivity contribution in [2.75, 3.05) is 13.2 Å². The Labute approximate surface area is 118 Å². The highest BCUT2D eigenvalue weighted by atomic mass is 16.6. The van der Waals surface area contributed by atoms with Crippen LogP contribution in [0, 0.1) is 5.92 Å². The maximum Gasteiger partial charge on any atom is 0.163 e. The molecule has 20 heavy (non-hydrogen) atoms. The molecule has 0 radical (unpaired) electrons. The minimum atomic E-state index is 0.581. The summed E-state index contributed by atoms with van der Waals surface area (Å²) in [6.45, 7) is 3.59. The summed E-state index contributed by atoms with van der Waals surface area (Å²) in [6.07, 6.45) is 5.11. The Bertz CT molecular complexity index is 584. The minimum absolute atomic E-state index is 0.581. The van der Waals surface area contributed by atoms with E-state index in [-0.39, 0.29) is 0 Å². The number of fused-ring (bicyclic) bond motifs is 2. The van der Waals surface area contributed by atoms with Crippen LogP contribution in [0.25, 0.3) is 11.0 Å². The number of aromatic nitrogens is 2. The van der Waals surface area contributed by atoms with E-state index in [1.54, 1.807) is 0 Å². The molecule has 1 fully saturated rings. The molecule has 1 N–H and O–H groups in total. The summed E-state index contributed by atoms with van der Waals surface area (Å²) in [5.41, 5.74) is 2.05. The standard InChI is InChI=1S/C16H20N2O2/c1-10-2-4-11(5-3-10)16-17-12-8-14-15(9-13(12)18-16)20-7-6-19-14/h8-11H,2-7H2,1H3,(H,17,18). The lowest BCUT2D eigenvalue weighted by atomic mass is 9.83. The van der Waals surface area contributed by atoms with Crippen molar-refractivity contribution in [2.24, 2.45) is 5.92 Å². The molecule has 0 atom stereocenters. The van der Waals surface area contributed by atoms with Gasteiger partial charge in [0, 0.05) is 18.1 Å². The van der Waals surface area contributed by atoms with E-state index in [2.05, 4.69) is 11.9 Å². The zero-order valence-corrected chi connectivity index (χ0v) is 11.8. The fourth-order valence-corrected chi connectivity index (χ4v) is 3.29. The molecule has 0 bridgehead atoms. The molecule has 1 aromatic carbocycles. The Morgan fingerprint density at radius 2 is 1.75 bits per heavy atom. The van der Waals surface area contributed by atoms with Crippen LogP contribution in [0.2, 0.25) is 0 Å². The van der Waals surface area contributed by atoms with Gasteiger partial charge in [0.15, 0.2) is 11.5 Å². The number of nitrogens with one attached hydrogen (secondary N) is 1. The quantitative estimate of drug-likeness (QED) is 0.862. The van der Waals surface area contributed by atoms with Gasteiger partial charge in [0.05, 0.1) is 11.0 Å². The van der Waals surface area contributed by atoms with Crippen LogP contribution in [0.4, 0.5) is 0 Å².